The summed E-state index contributed by atoms with van der Waals surface area (Å²) in [6, 6.07) is 8.95. The molecule has 7 nitrogen and oxygen atoms in total. The Morgan fingerprint density at radius 1 is 1.06 bits per heavy atom. The predicted molar refractivity (Wildman–Crippen MR) is 123 cm³/mol. The number of carbonyl (C=O) groups excluding carboxylic acids is 1. The van der Waals surface area contributed by atoms with E-state index in [4.69, 9.17) is 0 Å². The number of amides is 2. The molecule has 0 unspecified atom stereocenters. The van der Waals surface area contributed by atoms with E-state index in [9.17, 15) is 18.0 Å². The Morgan fingerprint density at radius 3 is 2.33 bits per heavy atom. The van der Waals surface area contributed by atoms with E-state index < -0.39 is 12.2 Å². The van der Waals surface area contributed by atoms with E-state index in [1.807, 2.05) is 25.9 Å². The second-order valence-corrected chi connectivity index (χ2v) is 7.88. The molecule has 0 saturated heterocycles. The van der Waals surface area contributed by atoms with Gasteiger partial charge in [0.1, 0.15) is 11.5 Å². The highest BCUT2D eigenvalue weighted by atomic mass is 19.3. The van der Waals surface area contributed by atoms with Crippen molar-refractivity contribution < 1.29 is 18.0 Å². The summed E-state index contributed by atoms with van der Waals surface area (Å²) in [5, 5.41) is 7.35. The van der Waals surface area contributed by atoms with E-state index in [1.54, 1.807) is 34.1 Å². The molecule has 0 bridgehead atoms. The van der Waals surface area contributed by atoms with Gasteiger partial charge in [-0.3, -0.25) is 9.88 Å². The number of carbonyl (C=O) groups is 1. The van der Waals surface area contributed by atoms with Gasteiger partial charge in [-0.05, 0) is 57.4 Å². The SMILES string of the molecule is CCN(CCN(C)C)C(=O)N(Cc1ccc(C2=NN=C(C(F)F)C2)cn1)c1ccc(F)cc1. The fraction of sp³-hybridized carbons (Fsp3) is 0.391. The fourth-order valence-corrected chi connectivity index (χ4v) is 3.27. The summed E-state index contributed by atoms with van der Waals surface area (Å²) in [7, 11) is 3.87. The summed E-state index contributed by atoms with van der Waals surface area (Å²) in [5.74, 6) is -0.392. The number of anilines is 1. The van der Waals surface area contributed by atoms with Gasteiger partial charge in [-0.1, -0.05) is 0 Å². The predicted octanol–water partition coefficient (Wildman–Crippen LogP) is 4.04. The molecule has 2 amide bonds. The van der Waals surface area contributed by atoms with Crippen molar-refractivity contribution in [3.63, 3.8) is 0 Å². The van der Waals surface area contributed by atoms with Crippen LogP contribution in [-0.2, 0) is 6.54 Å². The first-order chi connectivity index (χ1) is 15.8. The quantitative estimate of drug-likeness (QED) is 0.567. The van der Waals surface area contributed by atoms with Gasteiger partial charge in [-0.2, -0.15) is 10.2 Å². The zero-order valence-corrected chi connectivity index (χ0v) is 18.9. The van der Waals surface area contributed by atoms with Crippen molar-refractivity contribution in [3.8, 4) is 0 Å². The molecule has 2 heterocycles. The van der Waals surface area contributed by atoms with Crippen molar-refractivity contribution in [2.45, 2.75) is 26.3 Å². The number of pyridine rings is 1. The average molecular weight is 461 g/mol. The third kappa shape index (κ3) is 6.38. The van der Waals surface area contributed by atoms with Crippen LogP contribution in [-0.4, -0.2) is 72.4 Å². The van der Waals surface area contributed by atoms with Gasteiger partial charge in [0.15, 0.2) is 0 Å². The maximum Gasteiger partial charge on any atom is 0.324 e. The Kier molecular flexibility index (Phi) is 8.16. The van der Waals surface area contributed by atoms with Gasteiger partial charge in [0.25, 0.3) is 6.43 Å². The maximum absolute atomic E-state index is 13.5. The number of rotatable bonds is 9. The lowest BCUT2D eigenvalue weighted by Crippen LogP contribution is -2.45. The molecule has 0 radical (unpaired) electrons. The van der Waals surface area contributed by atoms with E-state index in [2.05, 4.69) is 15.2 Å². The minimum atomic E-state index is -2.64. The number of hydrogen-bond donors (Lipinski definition) is 0. The van der Waals surface area contributed by atoms with Crippen LogP contribution in [0.4, 0.5) is 23.7 Å². The van der Waals surface area contributed by atoms with Crippen LogP contribution >= 0.6 is 0 Å². The molecule has 1 aliphatic rings. The van der Waals surface area contributed by atoms with Crippen molar-refractivity contribution in [1.29, 1.82) is 0 Å². The van der Waals surface area contributed by atoms with E-state index in [0.29, 0.717) is 42.3 Å². The van der Waals surface area contributed by atoms with Crippen LogP contribution in [0.25, 0.3) is 0 Å². The number of alkyl halides is 2. The van der Waals surface area contributed by atoms with Crippen LogP contribution < -0.4 is 4.90 Å². The molecule has 0 fully saturated rings. The molecule has 10 heteroatoms. The molecular formula is C23H27F3N6O. The number of halogens is 3. The molecule has 33 heavy (non-hydrogen) atoms. The normalized spacial score (nSPS) is 13.3. The summed E-state index contributed by atoms with van der Waals surface area (Å²) < 4.78 is 39.1. The topological polar surface area (TPSA) is 64.4 Å². The number of likely N-dealkylation sites (N-methyl/N-ethyl adjacent to an activating group) is 2. The standard InChI is InChI=1S/C23H27F3N6O/c1-4-31(12-11-30(2)3)23(33)32(19-9-6-17(24)7-10-19)15-18-8-5-16(14-27-18)20-13-21(22(25)26)29-28-20/h5-10,14,22H,4,11-13,15H2,1-3H3. The van der Waals surface area contributed by atoms with E-state index in [0.717, 1.165) is 0 Å². The van der Waals surface area contributed by atoms with Crippen molar-refractivity contribution >= 4 is 23.1 Å². The molecule has 0 atom stereocenters. The van der Waals surface area contributed by atoms with Crippen LogP contribution in [0.2, 0.25) is 0 Å². The highest BCUT2D eigenvalue weighted by Gasteiger charge is 2.24. The number of benzene rings is 1. The summed E-state index contributed by atoms with van der Waals surface area (Å²) in [5.41, 5.74) is 1.90. The van der Waals surface area contributed by atoms with E-state index >= 15 is 0 Å². The van der Waals surface area contributed by atoms with Gasteiger partial charge in [0, 0.05) is 43.5 Å². The van der Waals surface area contributed by atoms with Crippen LogP contribution in [0.1, 0.15) is 24.6 Å². The summed E-state index contributed by atoms with van der Waals surface area (Å²) in [6.45, 7) is 3.83. The van der Waals surface area contributed by atoms with Gasteiger partial charge in [0.2, 0.25) is 0 Å². The molecule has 0 saturated carbocycles. The average Bonchev–Trinajstić information content (AvgIpc) is 3.29. The number of aromatic nitrogens is 1. The third-order valence-electron chi connectivity index (χ3n) is 5.22. The zero-order valence-electron chi connectivity index (χ0n) is 18.9. The molecule has 1 aromatic heterocycles. The monoisotopic (exact) mass is 460 g/mol. The van der Waals surface area contributed by atoms with Crippen molar-refractivity contribution in [2.75, 3.05) is 38.6 Å². The highest BCUT2D eigenvalue weighted by Crippen LogP contribution is 2.21. The van der Waals surface area contributed by atoms with Gasteiger partial charge in [0.05, 0.1) is 18.0 Å². The molecule has 0 aliphatic carbocycles. The van der Waals surface area contributed by atoms with Gasteiger partial charge in [-0.15, -0.1) is 0 Å². The molecule has 0 spiro atoms. The van der Waals surface area contributed by atoms with Gasteiger partial charge in [-0.25, -0.2) is 18.0 Å². The minimum absolute atomic E-state index is 0.0176. The van der Waals surface area contributed by atoms with Crippen LogP contribution in [0.15, 0.2) is 52.8 Å². The Labute approximate surface area is 191 Å². The fourth-order valence-electron chi connectivity index (χ4n) is 3.27. The van der Waals surface area contributed by atoms with Gasteiger partial charge < -0.3 is 9.80 Å². The first-order valence-electron chi connectivity index (χ1n) is 10.6. The van der Waals surface area contributed by atoms with Gasteiger partial charge >= 0.3 is 6.03 Å². The third-order valence-corrected chi connectivity index (χ3v) is 5.22. The summed E-state index contributed by atoms with van der Waals surface area (Å²) in [6.07, 6.45) is -1.12. The van der Waals surface area contributed by atoms with Crippen LogP contribution in [0.5, 0.6) is 0 Å². The second kappa shape index (κ2) is 11.0. The highest BCUT2D eigenvalue weighted by molar-refractivity contribution is 6.15. The molecule has 0 N–H and O–H groups in total. The number of nitrogens with zero attached hydrogens (tertiary/aromatic N) is 6. The van der Waals surface area contributed by atoms with Crippen LogP contribution in [0, 0.1) is 5.82 Å². The smallest absolute Gasteiger partial charge is 0.323 e. The Balaban J connectivity index is 1.78. The van der Waals surface area contributed by atoms with Crippen molar-refractivity contribution in [1.82, 2.24) is 14.8 Å². The first kappa shape index (κ1) is 24.4. The molecule has 1 aliphatic heterocycles. The van der Waals surface area contributed by atoms with E-state index in [-0.39, 0.29) is 24.7 Å². The Bertz CT molecular complexity index is 1010. The van der Waals surface area contributed by atoms with E-state index in [1.165, 1.54) is 18.3 Å². The summed E-state index contributed by atoms with van der Waals surface area (Å²) in [4.78, 5) is 23.0. The van der Waals surface area contributed by atoms with Crippen molar-refractivity contribution in [2.24, 2.45) is 10.2 Å². The molecule has 2 aromatic rings. The Morgan fingerprint density at radius 2 is 1.79 bits per heavy atom. The lowest BCUT2D eigenvalue weighted by molar-refractivity contribution is 0.200. The lowest BCUT2D eigenvalue weighted by Gasteiger charge is -2.30. The summed E-state index contributed by atoms with van der Waals surface area (Å²) >= 11 is 0. The second-order valence-electron chi connectivity index (χ2n) is 7.88. The minimum Gasteiger partial charge on any atom is -0.323 e. The number of hydrogen-bond acceptors (Lipinski definition) is 5. The largest absolute Gasteiger partial charge is 0.324 e. The van der Waals surface area contributed by atoms with Crippen molar-refractivity contribution in [3.05, 3.63) is 59.7 Å². The van der Waals surface area contributed by atoms with Crippen LogP contribution in [0.3, 0.4) is 0 Å². The molecule has 176 valence electrons. The first-order valence-corrected chi connectivity index (χ1v) is 10.6. The molecule has 3 rings (SSSR count). The zero-order chi connectivity index (χ0) is 24.0. The molecule has 1 aromatic carbocycles. The number of urea groups is 1. The maximum atomic E-state index is 13.5. The lowest BCUT2D eigenvalue weighted by atomic mass is 10.1. The Hall–Kier alpha value is -3.27. The molecular weight excluding hydrogens is 433 g/mol.